The van der Waals surface area contributed by atoms with Gasteiger partial charge in [-0.1, -0.05) is 13.8 Å². The van der Waals surface area contributed by atoms with Crippen molar-refractivity contribution < 1.29 is 108 Å². The SMILES string of the molecule is CCC(C)(C)C(=O)OC(C(F)(F)F)C(F)(F)F.CCC(C)(C)C(=O)Oc1cc(C(O)(C(F)(F)F)C(F)(F)F)cc(C(O)(C(F)(F)F)C(F)(F)F)c1. The van der Waals surface area contributed by atoms with E-state index in [1.807, 2.05) is 0 Å². The average molecular weight is 790 g/mol. The Morgan fingerprint density at radius 1 is 0.549 bits per heavy atom. The minimum Gasteiger partial charge on any atom is -0.442 e. The number of hydrogen-bond acceptors (Lipinski definition) is 6. The average Bonchev–Trinajstić information content (AvgIpc) is 2.91. The number of rotatable bonds is 8. The Labute approximate surface area is 275 Å². The van der Waals surface area contributed by atoms with Crippen molar-refractivity contribution in [1.29, 1.82) is 0 Å². The Kier molecular flexibility index (Phi) is 13.8. The fraction of sp³-hybridized carbons (Fsp3) is 0.704. The number of benzene rings is 1. The topological polar surface area (TPSA) is 93.1 Å². The van der Waals surface area contributed by atoms with E-state index in [9.17, 15) is 98.8 Å². The molecule has 0 aliphatic carbocycles. The summed E-state index contributed by atoms with van der Waals surface area (Å²) in [4.78, 5) is 23.3. The van der Waals surface area contributed by atoms with Gasteiger partial charge in [0.05, 0.1) is 10.8 Å². The number of carbonyl (C=O) groups excluding carboxylic acids is 2. The number of hydrogen-bond donors (Lipinski definition) is 2. The van der Waals surface area contributed by atoms with Gasteiger partial charge in [0.2, 0.25) is 0 Å². The zero-order chi connectivity index (χ0) is 41.4. The summed E-state index contributed by atoms with van der Waals surface area (Å²) in [5, 5.41) is 19.0. The van der Waals surface area contributed by atoms with E-state index in [-0.39, 0.29) is 12.8 Å². The summed E-state index contributed by atoms with van der Waals surface area (Å²) < 4.78 is 239. The lowest BCUT2D eigenvalue weighted by molar-refractivity contribution is -0.378. The first-order valence-corrected chi connectivity index (χ1v) is 13.5. The van der Waals surface area contributed by atoms with Crippen LogP contribution in [0.2, 0.25) is 0 Å². The molecule has 1 aromatic rings. The smallest absolute Gasteiger partial charge is 0.434 e. The van der Waals surface area contributed by atoms with Gasteiger partial charge in [-0.25, -0.2) is 0 Å². The summed E-state index contributed by atoms with van der Waals surface area (Å²) in [6.45, 7) is 7.52. The minimum atomic E-state index is -6.72. The Morgan fingerprint density at radius 2 is 0.824 bits per heavy atom. The standard InChI is InChI=1S/C18H16F12O4.C9H12F6O2/c1-4-12(2,3)11(31)34-10-6-8(13(32,15(19,20)21)16(22,23)24)5-9(7-10)14(33,17(25,26)27)18(28,29)30;1-4-7(2,3)6(16)17-5(8(10,11)12)9(13,14)15/h5-7,32-33H,4H2,1-3H3;5H,4H2,1-3H3. The van der Waals surface area contributed by atoms with E-state index in [0.717, 1.165) is 13.8 Å². The monoisotopic (exact) mass is 790 g/mol. The number of ether oxygens (including phenoxy) is 2. The zero-order valence-corrected chi connectivity index (χ0v) is 26.6. The van der Waals surface area contributed by atoms with E-state index in [0.29, 0.717) is 0 Å². The third-order valence-electron chi connectivity index (χ3n) is 7.29. The van der Waals surface area contributed by atoms with Crippen molar-refractivity contribution in [3.63, 3.8) is 0 Å². The Morgan fingerprint density at radius 3 is 1.06 bits per heavy atom. The molecule has 51 heavy (non-hydrogen) atoms. The van der Waals surface area contributed by atoms with Crippen molar-refractivity contribution in [3.8, 4) is 5.75 Å². The summed E-state index contributed by atoms with van der Waals surface area (Å²) in [5.41, 5.74) is -20.2. The molecule has 6 nitrogen and oxygen atoms in total. The number of alkyl halides is 18. The van der Waals surface area contributed by atoms with Crippen LogP contribution in [0.5, 0.6) is 5.75 Å². The van der Waals surface area contributed by atoms with Crippen LogP contribution >= 0.6 is 0 Å². The fourth-order valence-corrected chi connectivity index (χ4v) is 3.17. The molecule has 0 aliphatic rings. The molecule has 24 heteroatoms. The second-order valence-electron chi connectivity index (χ2n) is 11.9. The van der Waals surface area contributed by atoms with Gasteiger partial charge < -0.3 is 19.7 Å². The number of aliphatic hydroxyl groups is 2. The predicted octanol–water partition coefficient (Wildman–Crippen LogP) is 9.11. The van der Waals surface area contributed by atoms with E-state index >= 15 is 0 Å². The Balaban J connectivity index is 0.00000124. The molecule has 2 N–H and O–H groups in total. The lowest BCUT2D eigenvalue weighted by Crippen LogP contribution is -2.55. The van der Waals surface area contributed by atoms with Crippen LogP contribution in [-0.2, 0) is 25.5 Å². The van der Waals surface area contributed by atoms with Gasteiger partial charge in [0, 0.05) is 11.1 Å². The van der Waals surface area contributed by atoms with Gasteiger partial charge in [0.1, 0.15) is 5.75 Å². The molecule has 0 heterocycles. The Hall–Kier alpha value is -3.18. The second kappa shape index (κ2) is 14.7. The van der Waals surface area contributed by atoms with Gasteiger partial charge >= 0.3 is 49.0 Å². The maximum atomic E-state index is 13.2. The second-order valence-corrected chi connectivity index (χ2v) is 11.9. The van der Waals surface area contributed by atoms with Crippen molar-refractivity contribution in [2.24, 2.45) is 10.8 Å². The van der Waals surface area contributed by atoms with E-state index < -0.39 is 112 Å². The van der Waals surface area contributed by atoms with Gasteiger partial charge in [-0.3, -0.25) is 9.59 Å². The molecule has 0 spiro atoms. The molecule has 0 aliphatic heterocycles. The quantitative estimate of drug-likeness (QED) is 0.155. The zero-order valence-electron chi connectivity index (χ0n) is 26.6. The molecule has 0 saturated heterocycles. The number of carbonyl (C=O) groups is 2. The highest BCUT2D eigenvalue weighted by Crippen LogP contribution is 2.54. The summed E-state index contributed by atoms with van der Waals surface area (Å²) in [6.07, 6.45) is -42.3. The van der Waals surface area contributed by atoms with Crippen molar-refractivity contribution >= 4 is 11.9 Å². The molecule has 0 saturated carbocycles. The van der Waals surface area contributed by atoms with Crippen LogP contribution in [0.15, 0.2) is 18.2 Å². The minimum absolute atomic E-state index is 0.0638. The third kappa shape index (κ3) is 10.5. The lowest BCUT2D eigenvalue weighted by Gasteiger charge is -2.36. The number of halogens is 18. The molecular formula is C27H28F18O6. The predicted molar refractivity (Wildman–Crippen MR) is 134 cm³/mol. The van der Waals surface area contributed by atoms with Crippen LogP contribution in [0.3, 0.4) is 0 Å². The molecule has 0 radical (unpaired) electrons. The summed E-state index contributed by atoms with van der Waals surface area (Å²) in [5.74, 6) is -4.64. The van der Waals surface area contributed by atoms with E-state index in [2.05, 4.69) is 9.47 Å². The summed E-state index contributed by atoms with van der Waals surface area (Å²) in [6, 6.07) is -1.77. The maximum absolute atomic E-state index is 13.2. The van der Waals surface area contributed by atoms with Gasteiger partial charge in [-0.15, -0.1) is 0 Å². The van der Waals surface area contributed by atoms with Gasteiger partial charge in [0.15, 0.2) is 0 Å². The Bertz CT molecular complexity index is 1270. The fourth-order valence-electron chi connectivity index (χ4n) is 3.17. The van der Waals surface area contributed by atoms with E-state index in [1.54, 1.807) is 0 Å². The van der Waals surface area contributed by atoms with Gasteiger partial charge in [-0.2, -0.15) is 79.0 Å². The van der Waals surface area contributed by atoms with E-state index in [4.69, 9.17) is 0 Å². The molecule has 1 rings (SSSR count). The lowest BCUT2D eigenvalue weighted by atomic mass is 9.85. The molecule has 0 atom stereocenters. The first kappa shape index (κ1) is 47.8. The highest BCUT2D eigenvalue weighted by atomic mass is 19.4. The molecule has 0 unspecified atom stereocenters. The van der Waals surface area contributed by atoms with Crippen LogP contribution in [0, 0.1) is 10.8 Å². The maximum Gasteiger partial charge on any atom is 0.434 e. The molecule has 0 fully saturated rings. The molecule has 0 amide bonds. The van der Waals surface area contributed by atoms with Crippen LogP contribution in [0.1, 0.15) is 65.5 Å². The van der Waals surface area contributed by atoms with Crippen molar-refractivity contribution in [2.45, 2.75) is 109 Å². The van der Waals surface area contributed by atoms with Gasteiger partial charge in [0.25, 0.3) is 17.3 Å². The normalized spacial score (nSPS) is 14.6. The van der Waals surface area contributed by atoms with Gasteiger partial charge in [-0.05, 0) is 58.7 Å². The van der Waals surface area contributed by atoms with Crippen molar-refractivity contribution in [3.05, 3.63) is 29.3 Å². The highest BCUT2D eigenvalue weighted by molar-refractivity contribution is 5.78. The third-order valence-corrected chi connectivity index (χ3v) is 7.29. The molecule has 0 aromatic heterocycles. The van der Waals surface area contributed by atoms with Crippen molar-refractivity contribution in [1.82, 2.24) is 0 Å². The van der Waals surface area contributed by atoms with Crippen LogP contribution in [0.4, 0.5) is 79.0 Å². The summed E-state index contributed by atoms with van der Waals surface area (Å²) >= 11 is 0. The highest BCUT2D eigenvalue weighted by Gasteiger charge is 2.74. The largest absolute Gasteiger partial charge is 0.442 e. The summed E-state index contributed by atoms with van der Waals surface area (Å²) in [7, 11) is 0. The van der Waals surface area contributed by atoms with Crippen LogP contribution in [-0.4, -0.2) is 65.3 Å². The van der Waals surface area contributed by atoms with E-state index in [1.165, 1.54) is 27.7 Å². The van der Waals surface area contributed by atoms with Crippen molar-refractivity contribution in [2.75, 3.05) is 0 Å². The molecule has 1 aromatic carbocycles. The molecule has 0 bridgehead atoms. The first-order valence-electron chi connectivity index (χ1n) is 13.5. The first-order chi connectivity index (χ1) is 22.1. The van der Waals surface area contributed by atoms with Crippen LogP contribution in [0.25, 0.3) is 0 Å². The molecule has 298 valence electrons. The number of esters is 2. The molecular weight excluding hydrogens is 762 g/mol. The van der Waals surface area contributed by atoms with Crippen LogP contribution < -0.4 is 4.74 Å².